The zero-order valence-electron chi connectivity index (χ0n) is 8.07. The molecule has 5 nitrogen and oxygen atoms in total. The van der Waals surface area contributed by atoms with E-state index >= 15 is 0 Å². The number of nitrogens with one attached hydrogen (secondary N) is 2. The van der Waals surface area contributed by atoms with Gasteiger partial charge in [0.25, 0.3) is 0 Å². The molecule has 3 N–H and O–H groups in total. The first-order valence-corrected chi connectivity index (χ1v) is 4.43. The zero-order valence-corrected chi connectivity index (χ0v) is 8.07. The zero-order chi connectivity index (χ0) is 10.1. The highest BCUT2D eigenvalue weighted by Gasteiger charge is 2.08. The molecular weight excluding hydrogens is 180 g/mol. The van der Waals surface area contributed by atoms with Gasteiger partial charge in [-0.2, -0.15) is 0 Å². The highest BCUT2D eigenvalue weighted by atomic mass is 16.3. The Labute approximate surface area is 81.2 Å². The van der Waals surface area contributed by atoms with Crippen LogP contribution in [-0.2, 0) is 0 Å². The summed E-state index contributed by atoms with van der Waals surface area (Å²) in [4.78, 5) is 11.4. The maximum atomic E-state index is 9.31. The van der Waals surface area contributed by atoms with Crippen molar-refractivity contribution in [2.24, 2.45) is 0 Å². The number of H-pyrrole nitrogens is 1. The molecule has 2 rings (SSSR count). The Balaban J connectivity index is 2.54. The molecule has 2 aromatic rings. The van der Waals surface area contributed by atoms with Crippen LogP contribution in [0.3, 0.4) is 0 Å². The summed E-state index contributed by atoms with van der Waals surface area (Å²) in [6.45, 7) is 1.66. The second-order valence-corrected chi connectivity index (χ2v) is 3.12. The minimum absolute atomic E-state index is 0.542. The van der Waals surface area contributed by atoms with E-state index < -0.39 is 6.10 Å². The molecule has 0 spiro atoms. The van der Waals surface area contributed by atoms with Crippen molar-refractivity contribution in [1.29, 1.82) is 0 Å². The molecular formula is C9H12N4O. The Morgan fingerprint density at radius 1 is 1.43 bits per heavy atom. The van der Waals surface area contributed by atoms with Gasteiger partial charge < -0.3 is 15.4 Å². The molecule has 0 fully saturated rings. The average Bonchev–Trinajstić information content (AvgIpc) is 2.59. The molecule has 0 aromatic carbocycles. The topological polar surface area (TPSA) is 73.8 Å². The summed E-state index contributed by atoms with van der Waals surface area (Å²) in [7, 11) is 1.80. The van der Waals surface area contributed by atoms with Crippen LogP contribution in [0.5, 0.6) is 0 Å². The number of pyridine rings is 1. The van der Waals surface area contributed by atoms with Crippen molar-refractivity contribution < 1.29 is 5.11 Å². The number of nitrogens with zero attached hydrogens (tertiary/aromatic N) is 2. The van der Waals surface area contributed by atoms with E-state index in [1.807, 2.05) is 12.1 Å². The lowest BCUT2D eigenvalue weighted by molar-refractivity contribution is 0.190. The highest BCUT2D eigenvalue weighted by Crippen LogP contribution is 2.15. The lowest BCUT2D eigenvalue weighted by Crippen LogP contribution is -1.93. The maximum absolute atomic E-state index is 9.31. The molecule has 5 heteroatoms. The van der Waals surface area contributed by atoms with Crippen LogP contribution < -0.4 is 5.32 Å². The van der Waals surface area contributed by atoms with Gasteiger partial charge in [-0.15, -0.1) is 0 Å². The largest absolute Gasteiger partial charge is 0.385 e. The molecule has 1 atom stereocenters. The second-order valence-electron chi connectivity index (χ2n) is 3.12. The average molecular weight is 192 g/mol. The molecule has 0 aliphatic carbocycles. The summed E-state index contributed by atoms with van der Waals surface area (Å²) >= 11 is 0. The normalized spacial score (nSPS) is 13.1. The second kappa shape index (κ2) is 3.26. The minimum Gasteiger partial charge on any atom is -0.385 e. The van der Waals surface area contributed by atoms with Crippen LogP contribution in [0.1, 0.15) is 18.9 Å². The van der Waals surface area contributed by atoms with Gasteiger partial charge in [0.1, 0.15) is 17.7 Å². The predicted molar refractivity (Wildman–Crippen MR) is 54.1 cm³/mol. The van der Waals surface area contributed by atoms with Crippen molar-refractivity contribution in [2.75, 3.05) is 12.4 Å². The summed E-state index contributed by atoms with van der Waals surface area (Å²) in [6, 6.07) is 3.74. The van der Waals surface area contributed by atoms with Crippen LogP contribution in [0.4, 0.5) is 5.82 Å². The Bertz CT molecular complexity index is 449. The first kappa shape index (κ1) is 8.96. The predicted octanol–water partition coefficient (Wildman–Crippen LogP) is 1.05. The van der Waals surface area contributed by atoms with E-state index in [-0.39, 0.29) is 0 Å². The molecule has 1 unspecified atom stereocenters. The van der Waals surface area contributed by atoms with Crippen LogP contribution in [-0.4, -0.2) is 27.1 Å². The molecule has 0 aliphatic rings. The third-order valence-electron chi connectivity index (χ3n) is 2.02. The Hall–Kier alpha value is -1.62. The number of hydrogen-bond donors (Lipinski definition) is 3. The lowest BCUT2D eigenvalue weighted by Gasteiger charge is -1.95. The van der Waals surface area contributed by atoms with Gasteiger partial charge in [0.2, 0.25) is 0 Å². The first-order valence-electron chi connectivity index (χ1n) is 4.43. The molecule has 74 valence electrons. The number of aliphatic hydroxyl groups is 1. The molecule has 0 amide bonds. The number of aromatic nitrogens is 3. The monoisotopic (exact) mass is 192 g/mol. The Kier molecular flexibility index (Phi) is 2.09. The molecule has 2 heterocycles. The number of aromatic amines is 1. The highest BCUT2D eigenvalue weighted by molar-refractivity contribution is 5.72. The fourth-order valence-corrected chi connectivity index (χ4v) is 1.25. The van der Waals surface area contributed by atoms with Crippen molar-refractivity contribution in [1.82, 2.24) is 15.0 Å². The fraction of sp³-hybridized carbons (Fsp3) is 0.333. The van der Waals surface area contributed by atoms with E-state index in [0.717, 1.165) is 11.3 Å². The minimum atomic E-state index is -0.595. The van der Waals surface area contributed by atoms with E-state index in [0.29, 0.717) is 11.5 Å². The summed E-state index contributed by atoms with van der Waals surface area (Å²) in [5, 5.41) is 12.2. The fourth-order valence-electron chi connectivity index (χ4n) is 1.25. The van der Waals surface area contributed by atoms with Crippen molar-refractivity contribution >= 4 is 17.0 Å². The summed E-state index contributed by atoms with van der Waals surface area (Å²) in [5.41, 5.74) is 1.45. The van der Waals surface area contributed by atoms with Crippen LogP contribution in [0.15, 0.2) is 12.1 Å². The Morgan fingerprint density at radius 3 is 2.86 bits per heavy atom. The first-order chi connectivity index (χ1) is 6.70. The molecule has 0 aliphatic heterocycles. The van der Waals surface area contributed by atoms with Gasteiger partial charge in [0.05, 0.1) is 5.52 Å². The van der Waals surface area contributed by atoms with Crippen LogP contribution >= 0.6 is 0 Å². The smallest absolute Gasteiger partial charge is 0.179 e. The van der Waals surface area contributed by atoms with E-state index in [1.54, 1.807) is 14.0 Å². The van der Waals surface area contributed by atoms with Crippen molar-refractivity contribution in [2.45, 2.75) is 13.0 Å². The lowest BCUT2D eigenvalue weighted by atomic mass is 10.4. The molecule has 0 bridgehead atoms. The number of anilines is 1. The SMILES string of the molecule is CNc1ccc2[nH]c(C(C)O)nc2n1. The van der Waals surface area contributed by atoms with E-state index in [1.165, 1.54) is 0 Å². The van der Waals surface area contributed by atoms with E-state index in [4.69, 9.17) is 0 Å². The van der Waals surface area contributed by atoms with Gasteiger partial charge in [-0.3, -0.25) is 0 Å². The molecule has 2 aromatic heterocycles. The third kappa shape index (κ3) is 1.42. The molecule has 14 heavy (non-hydrogen) atoms. The summed E-state index contributed by atoms with van der Waals surface area (Å²) in [6.07, 6.45) is -0.595. The molecule has 0 saturated heterocycles. The summed E-state index contributed by atoms with van der Waals surface area (Å²) in [5.74, 6) is 1.31. The van der Waals surface area contributed by atoms with Gasteiger partial charge >= 0.3 is 0 Å². The van der Waals surface area contributed by atoms with Crippen molar-refractivity contribution in [3.63, 3.8) is 0 Å². The van der Waals surface area contributed by atoms with Crippen LogP contribution in [0, 0.1) is 0 Å². The number of aliphatic hydroxyl groups excluding tert-OH is 1. The molecule has 0 saturated carbocycles. The van der Waals surface area contributed by atoms with Crippen molar-refractivity contribution in [3.05, 3.63) is 18.0 Å². The third-order valence-corrected chi connectivity index (χ3v) is 2.02. The van der Waals surface area contributed by atoms with Gasteiger partial charge in [0, 0.05) is 7.05 Å². The number of fused-ring (bicyclic) bond motifs is 1. The van der Waals surface area contributed by atoms with Crippen molar-refractivity contribution in [3.8, 4) is 0 Å². The van der Waals surface area contributed by atoms with E-state index in [2.05, 4.69) is 20.3 Å². The summed E-state index contributed by atoms with van der Waals surface area (Å²) < 4.78 is 0. The van der Waals surface area contributed by atoms with Gasteiger partial charge in [-0.05, 0) is 19.1 Å². The van der Waals surface area contributed by atoms with Gasteiger partial charge in [0.15, 0.2) is 5.65 Å². The van der Waals surface area contributed by atoms with Gasteiger partial charge in [-0.1, -0.05) is 0 Å². The Morgan fingerprint density at radius 2 is 2.21 bits per heavy atom. The van der Waals surface area contributed by atoms with Gasteiger partial charge in [-0.25, -0.2) is 9.97 Å². The maximum Gasteiger partial charge on any atom is 0.179 e. The quantitative estimate of drug-likeness (QED) is 0.665. The number of rotatable bonds is 2. The van der Waals surface area contributed by atoms with Crippen LogP contribution in [0.2, 0.25) is 0 Å². The number of imidazole rings is 1. The van der Waals surface area contributed by atoms with Crippen LogP contribution in [0.25, 0.3) is 11.2 Å². The number of hydrogen-bond acceptors (Lipinski definition) is 4. The molecule has 0 radical (unpaired) electrons. The van der Waals surface area contributed by atoms with E-state index in [9.17, 15) is 5.11 Å². The standard InChI is InChI=1S/C9H12N4O/c1-5(14)8-11-6-3-4-7(10-2)12-9(6)13-8/h3-5,14H,1-2H3,(H2,10,11,12,13).